The normalized spacial score (nSPS) is 30.9. The Bertz CT molecular complexity index is 480. The van der Waals surface area contributed by atoms with Gasteiger partial charge in [0.25, 0.3) is 0 Å². The van der Waals surface area contributed by atoms with Crippen LogP contribution < -0.4 is 10.5 Å². The molecule has 0 aromatic heterocycles. The average Bonchev–Trinajstić information content (AvgIpc) is 2.89. The molecular formula is C17H26N2O. The second-order valence-corrected chi connectivity index (χ2v) is 7.29. The zero-order chi connectivity index (χ0) is 14.3. The summed E-state index contributed by atoms with van der Waals surface area (Å²) < 4.78 is 5.92. The smallest absolute Gasteiger partial charge is 0.124 e. The zero-order valence-corrected chi connectivity index (χ0v) is 12.8. The van der Waals surface area contributed by atoms with E-state index in [1.54, 1.807) is 0 Å². The molecule has 3 heteroatoms. The zero-order valence-electron chi connectivity index (χ0n) is 12.8. The van der Waals surface area contributed by atoms with E-state index in [1.807, 2.05) is 18.2 Å². The van der Waals surface area contributed by atoms with E-state index in [1.165, 1.54) is 6.42 Å². The van der Waals surface area contributed by atoms with Crippen molar-refractivity contribution in [3.8, 4) is 5.75 Å². The van der Waals surface area contributed by atoms with E-state index < -0.39 is 0 Å². The third-order valence-corrected chi connectivity index (χ3v) is 5.02. The highest BCUT2D eigenvalue weighted by atomic mass is 16.5. The molecule has 0 amide bonds. The first kappa shape index (κ1) is 13.9. The maximum Gasteiger partial charge on any atom is 0.124 e. The number of hydrogen-bond acceptors (Lipinski definition) is 3. The maximum atomic E-state index is 6.50. The number of fused-ring (bicyclic) bond motifs is 1. The van der Waals surface area contributed by atoms with E-state index in [-0.39, 0.29) is 6.04 Å². The van der Waals surface area contributed by atoms with E-state index in [4.69, 9.17) is 10.5 Å². The first-order valence-corrected chi connectivity index (χ1v) is 7.68. The van der Waals surface area contributed by atoms with Crippen LogP contribution in [0.4, 0.5) is 0 Å². The number of rotatable bonds is 1. The molecule has 0 bridgehead atoms. The average molecular weight is 274 g/mol. The molecular weight excluding hydrogens is 248 g/mol. The second-order valence-electron chi connectivity index (χ2n) is 7.29. The molecule has 1 saturated heterocycles. The summed E-state index contributed by atoms with van der Waals surface area (Å²) in [5.74, 6) is 1.72. The van der Waals surface area contributed by atoms with Gasteiger partial charge < -0.3 is 10.5 Å². The third-order valence-electron chi connectivity index (χ3n) is 5.02. The van der Waals surface area contributed by atoms with Gasteiger partial charge in [-0.2, -0.15) is 0 Å². The van der Waals surface area contributed by atoms with Crippen LogP contribution in [0.1, 0.15) is 38.8 Å². The van der Waals surface area contributed by atoms with Gasteiger partial charge in [0, 0.05) is 12.1 Å². The van der Waals surface area contributed by atoms with Gasteiger partial charge in [0.15, 0.2) is 0 Å². The van der Waals surface area contributed by atoms with E-state index in [0.29, 0.717) is 11.5 Å². The molecule has 2 aliphatic rings. The Morgan fingerprint density at radius 1 is 1.25 bits per heavy atom. The van der Waals surface area contributed by atoms with Gasteiger partial charge in [0.1, 0.15) is 12.4 Å². The molecule has 2 aliphatic heterocycles. The minimum Gasteiger partial charge on any atom is -0.492 e. The molecule has 0 saturated carbocycles. The van der Waals surface area contributed by atoms with Gasteiger partial charge in [-0.15, -0.1) is 0 Å². The molecule has 110 valence electrons. The number of nitrogens with two attached hydrogens (primary N) is 1. The first-order valence-electron chi connectivity index (χ1n) is 7.68. The van der Waals surface area contributed by atoms with Crippen LogP contribution in [0.3, 0.4) is 0 Å². The lowest BCUT2D eigenvalue weighted by Crippen LogP contribution is -2.48. The monoisotopic (exact) mass is 274 g/mol. The lowest BCUT2D eigenvalue weighted by molar-refractivity contribution is 0.107. The van der Waals surface area contributed by atoms with Crippen molar-refractivity contribution in [3.05, 3.63) is 29.8 Å². The van der Waals surface area contributed by atoms with Gasteiger partial charge in [-0.3, -0.25) is 4.90 Å². The Labute approximate surface area is 122 Å². The fourth-order valence-corrected chi connectivity index (χ4v) is 3.50. The van der Waals surface area contributed by atoms with Gasteiger partial charge in [0.05, 0.1) is 12.1 Å². The first-order chi connectivity index (χ1) is 9.47. The van der Waals surface area contributed by atoms with Crippen LogP contribution in [-0.2, 0) is 0 Å². The lowest BCUT2D eigenvalue weighted by atomic mass is 9.80. The standard InChI is InChI=1S/C17H26N2O/c1-17(2,3)12-8-9-19(10-12)14-11-20-15-7-5-4-6-13(15)16(14)18/h4-7,12,14,16H,8-11,18H2,1-3H3. The summed E-state index contributed by atoms with van der Waals surface area (Å²) in [6.45, 7) is 10.0. The number of benzene rings is 1. The van der Waals surface area contributed by atoms with Crippen LogP contribution in [0.2, 0.25) is 0 Å². The summed E-state index contributed by atoms with van der Waals surface area (Å²) in [4.78, 5) is 2.54. The van der Waals surface area contributed by atoms with Crippen LogP contribution in [0.5, 0.6) is 5.75 Å². The van der Waals surface area contributed by atoms with Gasteiger partial charge in [-0.25, -0.2) is 0 Å². The topological polar surface area (TPSA) is 38.5 Å². The Morgan fingerprint density at radius 2 is 2.00 bits per heavy atom. The predicted octanol–water partition coefficient (Wildman–Crippen LogP) is 2.82. The van der Waals surface area contributed by atoms with E-state index in [9.17, 15) is 0 Å². The van der Waals surface area contributed by atoms with Crippen LogP contribution in [-0.4, -0.2) is 30.6 Å². The summed E-state index contributed by atoms with van der Waals surface area (Å²) in [5.41, 5.74) is 8.04. The van der Waals surface area contributed by atoms with Crippen molar-refractivity contribution in [1.82, 2.24) is 4.90 Å². The molecule has 3 unspecified atom stereocenters. The highest BCUT2D eigenvalue weighted by Gasteiger charge is 2.39. The predicted molar refractivity (Wildman–Crippen MR) is 81.8 cm³/mol. The lowest BCUT2D eigenvalue weighted by Gasteiger charge is -2.37. The SMILES string of the molecule is CC(C)(C)C1CCN(C2COc3ccccc3C2N)C1. The fourth-order valence-electron chi connectivity index (χ4n) is 3.50. The maximum absolute atomic E-state index is 6.50. The molecule has 0 spiro atoms. The number of para-hydroxylation sites is 1. The molecule has 1 fully saturated rings. The number of likely N-dealkylation sites (tertiary alicyclic amines) is 1. The molecule has 1 aromatic rings. The van der Waals surface area contributed by atoms with E-state index >= 15 is 0 Å². The van der Waals surface area contributed by atoms with Gasteiger partial charge in [-0.05, 0) is 30.4 Å². The van der Waals surface area contributed by atoms with Crippen molar-refractivity contribution in [2.45, 2.75) is 39.3 Å². The van der Waals surface area contributed by atoms with Crippen molar-refractivity contribution in [1.29, 1.82) is 0 Å². The Hall–Kier alpha value is -1.06. The molecule has 3 atom stereocenters. The third kappa shape index (κ3) is 2.45. The van der Waals surface area contributed by atoms with Gasteiger partial charge in [-0.1, -0.05) is 39.0 Å². The summed E-state index contributed by atoms with van der Waals surface area (Å²) in [6.07, 6.45) is 1.27. The molecule has 0 radical (unpaired) electrons. The van der Waals surface area contributed by atoms with Crippen LogP contribution in [0.15, 0.2) is 24.3 Å². The Kier molecular flexibility index (Phi) is 3.51. The van der Waals surface area contributed by atoms with Crippen LogP contribution >= 0.6 is 0 Å². The van der Waals surface area contributed by atoms with Crippen molar-refractivity contribution in [2.24, 2.45) is 17.1 Å². The minimum atomic E-state index is 0.0682. The number of nitrogens with zero attached hydrogens (tertiary/aromatic N) is 1. The minimum absolute atomic E-state index is 0.0682. The van der Waals surface area contributed by atoms with Crippen molar-refractivity contribution in [3.63, 3.8) is 0 Å². The van der Waals surface area contributed by atoms with E-state index in [0.717, 1.165) is 36.9 Å². The fraction of sp³-hybridized carbons (Fsp3) is 0.647. The molecule has 3 nitrogen and oxygen atoms in total. The number of hydrogen-bond donors (Lipinski definition) is 1. The highest BCUT2D eigenvalue weighted by molar-refractivity contribution is 5.38. The molecule has 3 rings (SSSR count). The summed E-state index contributed by atoms with van der Waals surface area (Å²) in [5, 5.41) is 0. The van der Waals surface area contributed by atoms with Crippen LogP contribution in [0.25, 0.3) is 0 Å². The molecule has 1 aromatic carbocycles. The largest absolute Gasteiger partial charge is 0.492 e. The van der Waals surface area contributed by atoms with Crippen molar-refractivity contribution in [2.75, 3.05) is 19.7 Å². The summed E-state index contributed by atoms with van der Waals surface area (Å²) in [7, 11) is 0. The highest BCUT2D eigenvalue weighted by Crippen LogP contribution is 2.38. The summed E-state index contributed by atoms with van der Waals surface area (Å²) in [6, 6.07) is 8.57. The van der Waals surface area contributed by atoms with Gasteiger partial charge >= 0.3 is 0 Å². The molecule has 2 heterocycles. The van der Waals surface area contributed by atoms with Crippen LogP contribution in [0, 0.1) is 11.3 Å². The van der Waals surface area contributed by atoms with E-state index in [2.05, 4.69) is 31.7 Å². The van der Waals surface area contributed by atoms with Crippen molar-refractivity contribution >= 4 is 0 Å². The quantitative estimate of drug-likeness (QED) is 0.856. The Morgan fingerprint density at radius 3 is 2.70 bits per heavy atom. The second kappa shape index (κ2) is 5.05. The number of ether oxygens (including phenoxy) is 1. The Balaban J connectivity index is 1.74. The molecule has 20 heavy (non-hydrogen) atoms. The van der Waals surface area contributed by atoms with Crippen molar-refractivity contribution < 1.29 is 4.74 Å². The van der Waals surface area contributed by atoms with Gasteiger partial charge in [0.2, 0.25) is 0 Å². The molecule has 2 N–H and O–H groups in total. The molecule has 0 aliphatic carbocycles. The summed E-state index contributed by atoms with van der Waals surface area (Å²) >= 11 is 0.